The number of morpholine rings is 1. The first-order valence-corrected chi connectivity index (χ1v) is 9.15. The van der Waals surface area contributed by atoms with Gasteiger partial charge in [0.2, 0.25) is 5.58 Å². The van der Waals surface area contributed by atoms with Crippen molar-refractivity contribution >= 4 is 40.6 Å². The molecule has 1 fully saturated rings. The first kappa shape index (κ1) is 19.6. The number of ether oxygens (including phenoxy) is 1. The number of hydrogen-bond donors (Lipinski definition) is 1. The van der Waals surface area contributed by atoms with Crippen LogP contribution in [0.15, 0.2) is 4.52 Å². The van der Waals surface area contributed by atoms with Crippen LogP contribution in [0.2, 0.25) is 5.02 Å². The third kappa shape index (κ3) is 3.91. The van der Waals surface area contributed by atoms with Crippen LogP contribution >= 0.6 is 11.6 Å². The predicted molar refractivity (Wildman–Crippen MR) is 102 cm³/mol. The molecule has 0 saturated carbocycles. The second-order valence-electron chi connectivity index (χ2n) is 7.85. The molecule has 27 heavy (non-hydrogen) atoms. The van der Waals surface area contributed by atoms with E-state index in [4.69, 9.17) is 20.9 Å². The van der Waals surface area contributed by atoms with Crippen LogP contribution in [0.3, 0.4) is 0 Å². The molecule has 1 aliphatic rings. The molecule has 2 aromatic heterocycles. The Morgan fingerprint density at radius 2 is 1.93 bits per heavy atom. The molecular formula is C18H23ClN4O4. The van der Waals surface area contributed by atoms with Crippen molar-refractivity contribution in [3.05, 3.63) is 16.4 Å². The summed E-state index contributed by atoms with van der Waals surface area (Å²) in [6.07, 6.45) is 0.579. The maximum atomic E-state index is 12.5. The maximum Gasteiger partial charge on any atom is 0.276 e. The van der Waals surface area contributed by atoms with Gasteiger partial charge in [-0.25, -0.2) is 4.98 Å². The summed E-state index contributed by atoms with van der Waals surface area (Å²) < 4.78 is 11.1. The van der Waals surface area contributed by atoms with Crippen molar-refractivity contribution in [2.45, 2.75) is 52.4 Å². The normalized spacial score (nSPS) is 20.7. The lowest BCUT2D eigenvalue weighted by Gasteiger charge is -2.37. The standard InChI is InChI=1S/C18H23ClN4O4/c1-9-6-23(7-10(2)26-9)15-11(8-24)20-13-14(17(25)21-18(3,4)5)22-27-16(13)12(15)19/h8-10H,6-7H2,1-5H3,(H,21,25). The van der Waals surface area contributed by atoms with E-state index in [2.05, 4.69) is 15.5 Å². The number of halogens is 1. The number of fused-ring (bicyclic) bond motifs is 1. The second kappa shape index (κ2) is 7.09. The number of carbonyl (C=O) groups is 2. The van der Waals surface area contributed by atoms with Crippen molar-refractivity contribution < 1.29 is 18.8 Å². The van der Waals surface area contributed by atoms with Gasteiger partial charge in [0.25, 0.3) is 5.91 Å². The zero-order valence-electron chi connectivity index (χ0n) is 16.0. The van der Waals surface area contributed by atoms with Crippen LogP contribution < -0.4 is 10.2 Å². The summed E-state index contributed by atoms with van der Waals surface area (Å²) in [5.41, 5.74) is 0.506. The maximum absolute atomic E-state index is 12.5. The molecule has 3 heterocycles. The van der Waals surface area contributed by atoms with Gasteiger partial charge in [0.15, 0.2) is 12.0 Å². The Kier molecular flexibility index (Phi) is 5.14. The number of rotatable bonds is 3. The van der Waals surface area contributed by atoms with Crippen LogP contribution in [0.5, 0.6) is 0 Å². The van der Waals surface area contributed by atoms with Crippen molar-refractivity contribution in [2.24, 2.45) is 0 Å². The smallest absolute Gasteiger partial charge is 0.276 e. The number of hydrogen-bond acceptors (Lipinski definition) is 7. The van der Waals surface area contributed by atoms with Crippen molar-refractivity contribution in [2.75, 3.05) is 18.0 Å². The highest BCUT2D eigenvalue weighted by atomic mass is 35.5. The molecule has 0 aromatic carbocycles. The van der Waals surface area contributed by atoms with Gasteiger partial charge in [-0.05, 0) is 34.6 Å². The highest BCUT2D eigenvalue weighted by molar-refractivity contribution is 6.38. The summed E-state index contributed by atoms with van der Waals surface area (Å²) >= 11 is 6.56. The van der Waals surface area contributed by atoms with E-state index in [1.165, 1.54) is 0 Å². The Balaban J connectivity index is 2.09. The number of anilines is 1. The molecule has 2 aromatic rings. The summed E-state index contributed by atoms with van der Waals surface area (Å²) in [6.45, 7) is 10.6. The molecule has 0 radical (unpaired) electrons. The summed E-state index contributed by atoms with van der Waals surface area (Å²) in [6, 6.07) is 0. The molecule has 1 amide bonds. The molecule has 8 nitrogen and oxygen atoms in total. The minimum absolute atomic E-state index is 0.000175. The first-order valence-electron chi connectivity index (χ1n) is 8.77. The van der Waals surface area contributed by atoms with Gasteiger partial charge in [0.1, 0.15) is 16.2 Å². The van der Waals surface area contributed by atoms with Gasteiger partial charge >= 0.3 is 0 Å². The predicted octanol–water partition coefficient (Wildman–Crippen LogP) is 2.83. The van der Waals surface area contributed by atoms with Gasteiger partial charge in [0.05, 0.1) is 17.9 Å². The first-order chi connectivity index (χ1) is 12.6. The Morgan fingerprint density at radius 1 is 1.30 bits per heavy atom. The van der Waals surface area contributed by atoms with Crippen LogP contribution in [-0.4, -0.2) is 53.2 Å². The lowest BCUT2D eigenvalue weighted by Crippen LogP contribution is -2.46. The quantitative estimate of drug-likeness (QED) is 0.799. The minimum atomic E-state index is -0.459. The third-order valence-electron chi connectivity index (χ3n) is 4.10. The molecule has 0 spiro atoms. The zero-order valence-corrected chi connectivity index (χ0v) is 16.8. The largest absolute Gasteiger partial charge is 0.372 e. The van der Waals surface area contributed by atoms with Gasteiger partial charge in [-0.15, -0.1) is 0 Å². The summed E-state index contributed by atoms with van der Waals surface area (Å²) in [5.74, 6) is -0.442. The average molecular weight is 395 g/mol. The van der Waals surface area contributed by atoms with E-state index in [-0.39, 0.29) is 39.7 Å². The lowest BCUT2D eigenvalue weighted by molar-refractivity contribution is -0.00526. The molecule has 1 saturated heterocycles. The number of carbonyl (C=O) groups excluding carboxylic acids is 2. The van der Waals surface area contributed by atoms with E-state index in [1.807, 2.05) is 39.5 Å². The highest BCUT2D eigenvalue weighted by Gasteiger charge is 2.31. The summed E-state index contributed by atoms with van der Waals surface area (Å²) in [4.78, 5) is 30.5. The van der Waals surface area contributed by atoms with E-state index in [9.17, 15) is 9.59 Å². The second-order valence-corrected chi connectivity index (χ2v) is 8.23. The van der Waals surface area contributed by atoms with Crippen LogP contribution in [0.4, 0.5) is 5.69 Å². The minimum Gasteiger partial charge on any atom is -0.372 e. The molecule has 1 aliphatic heterocycles. The number of pyridine rings is 1. The molecule has 1 N–H and O–H groups in total. The lowest BCUT2D eigenvalue weighted by atomic mass is 10.1. The molecule has 0 aliphatic carbocycles. The van der Waals surface area contributed by atoms with Crippen LogP contribution in [0.1, 0.15) is 55.6 Å². The van der Waals surface area contributed by atoms with Crippen LogP contribution in [0, 0.1) is 0 Å². The van der Waals surface area contributed by atoms with Crippen molar-refractivity contribution in [1.82, 2.24) is 15.5 Å². The summed E-state index contributed by atoms with van der Waals surface area (Å²) in [7, 11) is 0. The molecule has 2 unspecified atom stereocenters. The molecule has 2 atom stereocenters. The number of aromatic nitrogens is 2. The Bertz CT molecular complexity index is 880. The fraction of sp³-hybridized carbons (Fsp3) is 0.556. The van der Waals surface area contributed by atoms with Gasteiger partial charge in [-0.1, -0.05) is 16.8 Å². The van der Waals surface area contributed by atoms with Crippen LogP contribution in [-0.2, 0) is 4.74 Å². The fourth-order valence-corrected chi connectivity index (χ4v) is 3.56. The van der Waals surface area contributed by atoms with Crippen molar-refractivity contribution in [3.63, 3.8) is 0 Å². The van der Waals surface area contributed by atoms with Crippen molar-refractivity contribution in [3.8, 4) is 0 Å². The third-order valence-corrected chi connectivity index (χ3v) is 4.45. The van der Waals surface area contributed by atoms with Crippen LogP contribution in [0.25, 0.3) is 11.1 Å². The average Bonchev–Trinajstić information content (AvgIpc) is 2.96. The Hall–Kier alpha value is -2.19. The van der Waals surface area contributed by atoms with E-state index in [0.717, 1.165) is 0 Å². The zero-order chi connectivity index (χ0) is 19.9. The number of aldehydes is 1. The van der Waals surface area contributed by atoms with E-state index >= 15 is 0 Å². The Labute approximate surface area is 162 Å². The summed E-state index contributed by atoms with van der Waals surface area (Å²) in [5, 5.41) is 6.85. The molecule has 3 rings (SSSR count). The van der Waals surface area contributed by atoms with E-state index in [0.29, 0.717) is 25.1 Å². The Morgan fingerprint density at radius 3 is 2.48 bits per heavy atom. The van der Waals surface area contributed by atoms with E-state index in [1.54, 1.807) is 0 Å². The fourth-order valence-electron chi connectivity index (χ4n) is 3.22. The molecular weight excluding hydrogens is 372 g/mol. The van der Waals surface area contributed by atoms with Gasteiger partial charge in [-0.3, -0.25) is 9.59 Å². The van der Waals surface area contributed by atoms with Gasteiger partial charge in [-0.2, -0.15) is 0 Å². The highest BCUT2D eigenvalue weighted by Crippen LogP contribution is 2.37. The van der Waals surface area contributed by atoms with E-state index < -0.39 is 11.4 Å². The molecule has 9 heteroatoms. The SMILES string of the molecule is CC1CN(c2c(C=O)nc3c(C(=O)NC(C)(C)C)noc3c2Cl)CC(C)O1. The number of amides is 1. The number of nitrogens with zero attached hydrogens (tertiary/aromatic N) is 3. The molecule has 0 bridgehead atoms. The monoisotopic (exact) mass is 394 g/mol. The van der Waals surface area contributed by atoms with Gasteiger partial charge in [0, 0.05) is 18.6 Å². The number of nitrogens with one attached hydrogen (secondary N) is 1. The molecule has 146 valence electrons. The van der Waals surface area contributed by atoms with Gasteiger partial charge < -0.3 is 19.5 Å². The van der Waals surface area contributed by atoms with Crippen molar-refractivity contribution in [1.29, 1.82) is 0 Å². The topological polar surface area (TPSA) is 97.6 Å².